The minimum absolute atomic E-state index is 0.0391. The predicted octanol–water partition coefficient (Wildman–Crippen LogP) is 2.30. The van der Waals surface area contributed by atoms with Gasteiger partial charge < -0.3 is 5.32 Å². The van der Waals surface area contributed by atoms with Crippen LogP contribution in [0.4, 0.5) is 8.78 Å². The van der Waals surface area contributed by atoms with Crippen molar-refractivity contribution in [1.82, 2.24) is 5.32 Å². The smallest absolute Gasteiger partial charge is 0.159 e. The molecule has 0 radical (unpaired) electrons. The first-order valence-corrected chi connectivity index (χ1v) is 8.11. The summed E-state index contributed by atoms with van der Waals surface area (Å²) in [6.07, 6.45) is 1.20. The molecule has 6 heteroatoms. The molecule has 0 spiro atoms. The summed E-state index contributed by atoms with van der Waals surface area (Å²) in [7, 11) is -3.00. The van der Waals surface area contributed by atoms with E-state index in [0.29, 0.717) is 12.1 Å². The number of benzene rings is 1. The SMILES string of the molecule is C[C@H](CN[C@H](C)c1ccc(F)c(F)c1)CS(C)(=O)=O. The molecule has 1 aromatic rings. The van der Waals surface area contributed by atoms with E-state index in [1.54, 1.807) is 0 Å². The Morgan fingerprint density at radius 2 is 1.84 bits per heavy atom. The Hall–Kier alpha value is -1.01. The van der Waals surface area contributed by atoms with Crippen molar-refractivity contribution >= 4 is 9.84 Å². The monoisotopic (exact) mass is 291 g/mol. The average Bonchev–Trinajstić information content (AvgIpc) is 2.27. The molecule has 0 saturated carbocycles. The van der Waals surface area contributed by atoms with Crippen molar-refractivity contribution in [3.05, 3.63) is 35.4 Å². The largest absolute Gasteiger partial charge is 0.310 e. The minimum Gasteiger partial charge on any atom is -0.310 e. The first-order chi connectivity index (χ1) is 8.69. The van der Waals surface area contributed by atoms with E-state index in [1.165, 1.54) is 12.3 Å². The lowest BCUT2D eigenvalue weighted by Crippen LogP contribution is -2.28. The van der Waals surface area contributed by atoms with Crippen molar-refractivity contribution in [3.63, 3.8) is 0 Å². The van der Waals surface area contributed by atoms with E-state index in [0.717, 1.165) is 12.1 Å². The van der Waals surface area contributed by atoms with Crippen LogP contribution in [-0.2, 0) is 9.84 Å². The van der Waals surface area contributed by atoms with Crippen LogP contribution in [0.5, 0.6) is 0 Å². The summed E-state index contributed by atoms with van der Waals surface area (Å²) in [5.74, 6) is -1.69. The Labute approximate surface area is 112 Å². The molecule has 108 valence electrons. The molecule has 1 aromatic carbocycles. The van der Waals surface area contributed by atoms with E-state index in [4.69, 9.17) is 0 Å². The number of halogens is 2. The summed E-state index contributed by atoms with van der Waals surface area (Å²) >= 11 is 0. The zero-order valence-corrected chi connectivity index (χ0v) is 12.1. The zero-order chi connectivity index (χ0) is 14.6. The van der Waals surface area contributed by atoms with Gasteiger partial charge in [-0.3, -0.25) is 0 Å². The lowest BCUT2D eigenvalue weighted by atomic mass is 10.1. The van der Waals surface area contributed by atoms with Crippen LogP contribution < -0.4 is 5.32 Å². The number of sulfone groups is 1. The van der Waals surface area contributed by atoms with Gasteiger partial charge in [0.2, 0.25) is 0 Å². The van der Waals surface area contributed by atoms with Crippen LogP contribution in [0.25, 0.3) is 0 Å². The molecule has 0 bridgehead atoms. The summed E-state index contributed by atoms with van der Waals surface area (Å²) < 4.78 is 48.1. The maximum atomic E-state index is 13.1. The van der Waals surface area contributed by atoms with Crippen LogP contribution in [-0.4, -0.2) is 27.0 Å². The molecule has 0 aliphatic rings. The third-order valence-electron chi connectivity index (χ3n) is 2.80. The molecule has 19 heavy (non-hydrogen) atoms. The summed E-state index contributed by atoms with van der Waals surface area (Å²) in [4.78, 5) is 0. The van der Waals surface area contributed by atoms with E-state index in [9.17, 15) is 17.2 Å². The summed E-state index contributed by atoms with van der Waals surface area (Å²) in [5, 5.41) is 3.11. The van der Waals surface area contributed by atoms with Crippen molar-refractivity contribution in [2.45, 2.75) is 19.9 Å². The van der Waals surface area contributed by atoms with Crippen molar-refractivity contribution in [1.29, 1.82) is 0 Å². The molecule has 0 fully saturated rings. The molecule has 0 amide bonds. The van der Waals surface area contributed by atoms with Crippen LogP contribution in [0.3, 0.4) is 0 Å². The highest BCUT2D eigenvalue weighted by atomic mass is 32.2. The molecule has 1 rings (SSSR count). The summed E-state index contributed by atoms with van der Waals surface area (Å²) in [6, 6.07) is 3.58. The lowest BCUT2D eigenvalue weighted by molar-refractivity contribution is 0.481. The van der Waals surface area contributed by atoms with Crippen LogP contribution in [0, 0.1) is 17.6 Å². The molecule has 0 aliphatic heterocycles. The lowest BCUT2D eigenvalue weighted by Gasteiger charge is -2.17. The average molecular weight is 291 g/mol. The molecule has 0 aliphatic carbocycles. The van der Waals surface area contributed by atoms with E-state index in [-0.39, 0.29) is 17.7 Å². The van der Waals surface area contributed by atoms with Crippen LogP contribution in [0.15, 0.2) is 18.2 Å². The molecule has 1 N–H and O–H groups in total. The van der Waals surface area contributed by atoms with Crippen LogP contribution >= 0.6 is 0 Å². The Morgan fingerprint density at radius 1 is 1.21 bits per heavy atom. The molecule has 0 unspecified atom stereocenters. The van der Waals surface area contributed by atoms with Gasteiger partial charge in [-0.05, 0) is 37.1 Å². The Morgan fingerprint density at radius 3 is 2.37 bits per heavy atom. The van der Waals surface area contributed by atoms with Crippen molar-refractivity contribution in [2.75, 3.05) is 18.6 Å². The second-order valence-electron chi connectivity index (χ2n) is 5.00. The fourth-order valence-electron chi connectivity index (χ4n) is 1.85. The highest BCUT2D eigenvalue weighted by molar-refractivity contribution is 7.90. The third kappa shape index (κ3) is 5.65. The molecular weight excluding hydrogens is 272 g/mol. The van der Waals surface area contributed by atoms with Gasteiger partial charge in [0.1, 0.15) is 9.84 Å². The number of nitrogens with one attached hydrogen (secondary N) is 1. The Kier molecular flexibility index (Phi) is 5.43. The molecule has 0 aromatic heterocycles. The normalized spacial score (nSPS) is 15.2. The first kappa shape index (κ1) is 16.0. The molecule has 3 nitrogen and oxygen atoms in total. The van der Waals surface area contributed by atoms with Gasteiger partial charge in [0.05, 0.1) is 5.75 Å². The van der Waals surface area contributed by atoms with Crippen molar-refractivity contribution in [3.8, 4) is 0 Å². The highest BCUT2D eigenvalue weighted by Gasteiger charge is 2.13. The van der Waals surface area contributed by atoms with Gasteiger partial charge in [0.25, 0.3) is 0 Å². The number of rotatable bonds is 6. The Bertz CT molecular complexity index is 531. The van der Waals surface area contributed by atoms with Gasteiger partial charge in [0, 0.05) is 12.3 Å². The molecule has 0 saturated heterocycles. The fraction of sp³-hybridized carbons (Fsp3) is 0.538. The summed E-state index contributed by atoms with van der Waals surface area (Å²) in [6.45, 7) is 4.14. The van der Waals surface area contributed by atoms with E-state index >= 15 is 0 Å². The van der Waals surface area contributed by atoms with E-state index < -0.39 is 21.5 Å². The number of hydrogen-bond acceptors (Lipinski definition) is 3. The van der Waals surface area contributed by atoms with Crippen LogP contribution in [0.2, 0.25) is 0 Å². The van der Waals surface area contributed by atoms with E-state index in [1.807, 2.05) is 13.8 Å². The fourth-order valence-corrected chi connectivity index (χ4v) is 3.00. The topological polar surface area (TPSA) is 46.2 Å². The Balaban J connectivity index is 2.55. The number of hydrogen-bond donors (Lipinski definition) is 1. The van der Waals surface area contributed by atoms with Gasteiger partial charge in [-0.15, -0.1) is 0 Å². The third-order valence-corrected chi connectivity index (χ3v) is 3.98. The maximum absolute atomic E-state index is 13.1. The molecule has 0 heterocycles. The van der Waals surface area contributed by atoms with Gasteiger partial charge >= 0.3 is 0 Å². The van der Waals surface area contributed by atoms with Gasteiger partial charge in [0.15, 0.2) is 11.6 Å². The quantitative estimate of drug-likeness (QED) is 0.875. The molecule has 2 atom stereocenters. The van der Waals surface area contributed by atoms with E-state index in [2.05, 4.69) is 5.32 Å². The van der Waals surface area contributed by atoms with Crippen molar-refractivity contribution in [2.24, 2.45) is 5.92 Å². The molecular formula is C13H19F2NO2S. The maximum Gasteiger partial charge on any atom is 0.159 e. The van der Waals surface area contributed by atoms with Gasteiger partial charge in [-0.25, -0.2) is 17.2 Å². The predicted molar refractivity (Wildman–Crippen MR) is 71.7 cm³/mol. The van der Waals surface area contributed by atoms with Crippen LogP contribution in [0.1, 0.15) is 25.5 Å². The van der Waals surface area contributed by atoms with Gasteiger partial charge in [-0.2, -0.15) is 0 Å². The minimum atomic E-state index is -3.00. The second-order valence-corrected chi connectivity index (χ2v) is 7.19. The standard InChI is InChI=1S/C13H19F2NO2S/c1-9(8-19(3,17)18)7-16-10(2)11-4-5-12(14)13(15)6-11/h4-6,9-10,16H,7-8H2,1-3H3/t9-,10-/m1/s1. The van der Waals surface area contributed by atoms with Gasteiger partial charge in [-0.1, -0.05) is 13.0 Å². The van der Waals surface area contributed by atoms with Crippen molar-refractivity contribution < 1.29 is 17.2 Å². The zero-order valence-electron chi connectivity index (χ0n) is 11.3. The first-order valence-electron chi connectivity index (χ1n) is 6.05. The highest BCUT2D eigenvalue weighted by Crippen LogP contribution is 2.16. The second kappa shape index (κ2) is 6.43. The summed E-state index contributed by atoms with van der Waals surface area (Å²) in [5.41, 5.74) is 0.630.